The van der Waals surface area contributed by atoms with Crippen LogP contribution in [0.25, 0.3) is 17.4 Å². The molecule has 182 valence electrons. The fourth-order valence-corrected chi connectivity index (χ4v) is 5.13. The van der Waals surface area contributed by atoms with Gasteiger partial charge >= 0.3 is 0 Å². The predicted molar refractivity (Wildman–Crippen MR) is 138 cm³/mol. The highest BCUT2D eigenvalue weighted by Gasteiger charge is 2.47. The lowest BCUT2D eigenvalue weighted by atomic mass is 9.71. The fraction of sp³-hybridized carbons (Fsp3) is 0.357. The number of benzene rings is 2. The van der Waals surface area contributed by atoms with E-state index in [1.165, 1.54) is 6.92 Å². The normalized spacial score (nSPS) is 19.8. The Morgan fingerprint density at radius 2 is 2.11 bits per heavy atom. The molecular weight excluding hydrogens is 440 g/mol. The molecule has 2 N–H and O–H groups in total. The summed E-state index contributed by atoms with van der Waals surface area (Å²) in [6.07, 6.45) is 3.06. The van der Waals surface area contributed by atoms with Gasteiger partial charge in [0.1, 0.15) is 5.54 Å². The van der Waals surface area contributed by atoms with Crippen LogP contribution in [0.1, 0.15) is 52.8 Å². The fourth-order valence-electron chi connectivity index (χ4n) is 5.13. The van der Waals surface area contributed by atoms with Crippen LogP contribution in [-0.4, -0.2) is 30.7 Å². The molecule has 1 fully saturated rings. The lowest BCUT2D eigenvalue weighted by molar-refractivity contribution is -0.118. The van der Waals surface area contributed by atoms with E-state index < -0.39 is 5.54 Å². The molecule has 1 amide bonds. The zero-order chi connectivity index (χ0) is 25.0. The number of piperidine rings is 1. The Morgan fingerprint density at radius 1 is 1.31 bits per heavy atom. The number of carbonyl (C=O) groups excluding carboxylic acids is 1. The average Bonchev–Trinajstić information content (AvgIpc) is 3.24. The zero-order valence-electron chi connectivity index (χ0n) is 20.6. The van der Waals surface area contributed by atoms with Crippen LogP contribution in [0, 0.1) is 18.8 Å². The van der Waals surface area contributed by atoms with E-state index in [0.717, 1.165) is 39.1 Å². The largest absolute Gasteiger partial charge is 0.356 e. The van der Waals surface area contributed by atoms with E-state index in [9.17, 15) is 9.70 Å². The molecule has 1 aromatic heterocycles. The Hall–Kier alpha value is -3.58. The van der Waals surface area contributed by atoms with Crippen molar-refractivity contribution in [1.82, 2.24) is 15.8 Å². The predicted octanol–water partition coefficient (Wildman–Crippen LogP) is 5.02. The third kappa shape index (κ3) is 4.68. The topological polar surface area (TPSA) is 96.6 Å². The number of carbonyl (C=O) groups is 1. The molecule has 1 aliphatic rings. The van der Waals surface area contributed by atoms with E-state index in [2.05, 4.69) is 27.5 Å². The van der Waals surface area contributed by atoms with Crippen LogP contribution in [0.3, 0.4) is 0 Å². The van der Waals surface area contributed by atoms with Gasteiger partial charge in [0, 0.05) is 31.1 Å². The van der Waals surface area contributed by atoms with Gasteiger partial charge in [0.25, 0.3) is 0 Å². The van der Waals surface area contributed by atoms with Crippen LogP contribution in [0.5, 0.6) is 0 Å². The molecule has 1 aliphatic heterocycles. The summed E-state index contributed by atoms with van der Waals surface area (Å²) in [5.41, 5.74) is 5.69. The number of nitroso groups, excluding NO2 is 1. The summed E-state index contributed by atoms with van der Waals surface area (Å²) in [5.74, 6) is 0.355. The van der Waals surface area contributed by atoms with Gasteiger partial charge in [-0.05, 0) is 55.5 Å². The molecule has 2 aromatic carbocycles. The van der Waals surface area contributed by atoms with E-state index in [4.69, 9.17) is 4.52 Å². The molecular formula is C28H32N4O3. The van der Waals surface area contributed by atoms with Gasteiger partial charge in [0.05, 0.1) is 11.6 Å². The summed E-state index contributed by atoms with van der Waals surface area (Å²) in [5, 5.41) is 14.5. The SMILES string of the molecule is C=Cc1ccc(C2(N=O)CCNCC2c2noc(-c3ccccc3CCNC(C)=O)c2C)cc1C. The van der Waals surface area contributed by atoms with Gasteiger partial charge in [-0.1, -0.05) is 65.5 Å². The molecule has 0 saturated carbocycles. The van der Waals surface area contributed by atoms with Crippen molar-refractivity contribution in [3.8, 4) is 11.3 Å². The van der Waals surface area contributed by atoms with Crippen LogP contribution in [0.4, 0.5) is 0 Å². The lowest BCUT2D eigenvalue weighted by Gasteiger charge is -2.38. The molecule has 0 aliphatic carbocycles. The Bertz CT molecular complexity index is 1250. The van der Waals surface area contributed by atoms with Gasteiger partial charge in [0.2, 0.25) is 5.91 Å². The molecule has 7 heteroatoms. The maximum atomic E-state index is 12.6. The summed E-state index contributed by atoms with van der Waals surface area (Å²) in [4.78, 5) is 23.9. The van der Waals surface area contributed by atoms with Gasteiger partial charge in [-0.3, -0.25) is 4.79 Å². The van der Waals surface area contributed by atoms with Gasteiger partial charge in [-0.2, -0.15) is 0 Å². The molecule has 1 saturated heterocycles. The number of rotatable bonds is 8. The molecule has 7 nitrogen and oxygen atoms in total. The first kappa shape index (κ1) is 24.5. The Balaban J connectivity index is 1.74. The number of nitrogens with one attached hydrogen (secondary N) is 2. The summed E-state index contributed by atoms with van der Waals surface area (Å²) < 4.78 is 5.91. The number of aromatic nitrogens is 1. The van der Waals surface area contributed by atoms with Crippen molar-refractivity contribution in [3.63, 3.8) is 0 Å². The van der Waals surface area contributed by atoms with Crippen LogP contribution in [0.2, 0.25) is 0 Å². The molecule has 2 unspecified atom stereocenters. The molecule has 4 rings (SSSR count). The number of hydrogen-bond donors (Lipinski definition) is 2. The standard InChI is InChI=1S/C28H32N4O3/c1-5-21-10-11-23(16-18(21)2)28(32-34)13-15-29-17-25(28)26-19(3)27(35-31-26)24-9-7-6-8-22(24)12-14-30-20(4)33/h5-11,16,25,29H,1,12-15,17H2,2-4H3,(H,30,33). The van der Waals surface area contributed by atoms with Crippen molar-refractivity contribution < 1.29 is 9.32 Å². The third-order valence-electron chi connectivity index (χ3n) is 7.08. The molecule has 0 bridgehead atoms. The molecule has 0 radical (unpaired) electrons. The lowest BCUT2D eigenvalue weighted by Crippen LogP contribution is -2.45. The Morgan fingerprint density at radius 3 is 2.83 bits per heavy atom. The average molecular weight is 473 g/mol. The van der Waals surface area contributed by atoms with Crippen molar-refractivity contribution in [1.29, 1.82) is 0 Å². The first-order valence-electron chi connectivity index (χ1n) is 12.0. The Labute approximate surface area is 206 Å². The minimum absolute atomic E-state index is 0.0560. The van der Waals surface area contributed by atoms with Gasteiger partial charge in [-0.25, -0.2) is 0 Å². The molecule has 3 aromatic rings. The van der Waals surface area contributed by atoms with Gasteiger partial charge in [0.15, 0.2) is 5.76 Å². The quantitative estimate of drug-likeness (QED) is 0.449. The van der Waals surface area contributed by atoms with E-state index in [1.54, 1.807) is 0 Å². The molecule has 35 heavy (non-hydrogen) atoms. The first-order valence-corrected chi connectivity index (χ1v) is 12.0. The summed E-state index contributed by atoms with van der Waals surface area (Å²) in [6.45, 7) is 11.2. The van der Waals surface area contributed by atoms with Crippen molar-refractivity contribution >= 4 is 12.0 Å². The highest BCUT2D eigenvalue weighted by Crippen LogP contribution is 2.47. The first-order chi connectivity index (χ1) is 16.9. The van der Waals surface area contributed by atoms with Crippen molar-refractivity contribution in [2.24, 2.45) is 5.18 Å². The van der Waals surface area contributed by atoms with Crippen LogP contribution in [0.15, 0.2) is 58.7 Å². The van der Waals surface area contributed by atoms with Crippen LogP contribution in [-0.2, 0) is 16.8 Å². The third-order valence-corrected chi connectivity index (χ3v) is 7.08. The maximum absolute atomic E-state index is 12.6. The maximum Gasteiger partial charge on any atom is 0.216 e. The summed E-state index contributed by atoms with van der Waals surface area (Å²) >= 11 is 0. The second kappa shape index (κ2) is 10.4. The minimum Gasteiger partial charge on any atom is -0.356 e. The number of nitrogens with zero attached hydrogens (tertiary/aromatic N) is 2. The van der Waals surface area contributed by atoms with E-state index in [0.29, 0.717) is 38.2 Å². The van der Waals surface area contributed by atoms with Gasteiger partial charge in [-0.15, -0.1) is 4.91 Å². The second-order valence-electron chi connectivity index (χ2n) is 9.21. The zero-order valence-corrected chi connectivity index (χ0v) is 20.6. The van der Waals surface area contributed by atoms with E-state index >= 15 is 0 Å². The van der Waals surface area contributed by atoms with Crippen LogP contribution < -0.4 is 10.6 Å². The highest BCUT2D eigenvalue weighted by molar-refractivity contribution is 5.73. The monoisotopic (exact) mass is 472 g/mol. The second-order valence-corrected chi connectivity index (χ2v) is 9.21. The smallest absolute Gasteiger partial charge is 0.216 e. The molecule has 0 spiro atoms. The number of amides is 1. The van der Waals surface area contributed by atoms with E-state index in [-0.39, 0.29) is 11.8 Å². The summed E-state index contributed by atoms with van der Waals surface area (Å²) in [7, 11) is 0. The van der Waals surface area contributed by atoms with Crippen molar-refractivity contribution in [3.05, 3.63) is 87.5 Å². The summed E-state index contributed by atoms with van der Waals surface area (Å²) in [6, 6.07) is 14.0. The highest BCUT2D eigenvalue weighted by atomic mass is 16.5. The minimum atomic E-state index is -0.945. The number of hydrogen-bond acceptors (Lipinski definition) is 6. The van der Waals surface area contributed by atoms with Crippen molar-refractivity contribution in [2.75, 3.05) is 19.6 Å². The van der Waals surface area contributed by atoms with Crippen LogP contribution >= 0.6 is 0 Å². The van der Waals surface area contributed by atoms with Crippen molar-refractivity contribution in [2.45, 2.75) is 45.1 Å². The number of aryl methyl sites for hydroxylation is 1. The van der Waals surface area contributed by atoms with E-state index in [1.807, 2.05) is 62.4 Å². The Kier molecular flexibility index (Phi) is 7.26. The molecule has 2 heterocycles. The molecule has 2 atom stereocenters. The van der Waals surface area contributed by atoms with Gasteiger partial charge < -0.3 is 15.2 Å².